The van der Waals surface area contributed by atoms with Crippen molar-refractivity contribution in [2.45, 2.75) is 53.0 Å². The molecule has 5 heteroatoms. The van der Waals surface area contributed by atoms with Crippen LogP contribution in [0.5, 0.6) is 0 Å². The second-order valence-electron chi connectivity index (χ2n) is 5.07. The number of carboxylic acid groups (broad SMARTS) is 1. The van der Waals surface area contributed by atoms with Crippen molar-refractivity contribution in [3.8, 4) is 0 Å². The Bertz CT molecular complexity index is 267. The molecule has 0 aliphatic rings. The van der Waals surface area contributed by atoms with Crippen LogP contribution in [0.1, 0.15) is 47.0 Å². The maximum Gasteiger partial charge on any atom is 0.317 e. The fraction of sp³-hybridized carbons (Fsp3) is 0.846. The van der Waals surface area contributed by atoms with Crippen molar-refractivity contribution in [3.05, 3.63) is 0 Å². The van der Waals surface area contributed by atoms with Gasteiger partial charge in [-0.3, -0.25) is 4.79 Å². The predicted octanol–water partition coefficient (Wildman–Crippen LogP) is 2.32. The third kappa shape index (κ3) is 7.92. The summed E-state index contributed by atoms with van der Waals surface area (Å²) in [4.78, 5) is 24.1. The van der Waals surface area contributed by atoms with Crippen LogP contribution in [-0.4, -0.2) is 41.1 Å². The molecule has 0 saturated heterocycles. The van der Waals surface area contributed by atoms with E-state index >= 15 is 0 Å². The number of carboxylic acids is 1. The second kappa shape index (κ2) is 8.78. The fourth-order valence-electron chi connectivity index (χ4n) is 1.73. The van der Waals surface area contributed by atoms with Gasteiger partial charge in [0.1, 0.15) is 0 Å². The Morgan fingerprint density at radius 2 is 1.89 bits per heavy atom. The molecule has 5 nitrogen and oxygen atoms in total. The first-order valence-corrected chi connectivity index (χ1v) is 6.64. The van der Waals surface area contributed by atoms with E-state index in [0.29, 0.717) is 25.3 Å². The molecule has 0 aromatic rings. The number of nitrogens with zero attached hydrogens (tertiary/aromatic N) is 1. The van der Waals surface area contributed by atoms with Gasteiger partial charge < -0.3 is 15.3 Å². The quantitative estimate of drug-likeness (QED) is 0.702. The summed E-state index contributed by atoms with van der Waals surface area (Å²) in [5, 5.41) is 11.4. The maximum absolute atomic E-state index is 11.9. The Morgan fingerprint density at radius 3 is 2.33 bits per heavy atom. The van der Waals surface area contributed by atoms with Gasteiger partial charge in [0.05, 0.1) is 0 Å². The molecule has 2 amide bonds. The van der Waals surface area contributed by atoms with Gasteiger partial charge in [0.2, 0.25) is 0 Å². The molecule has 0 fully saturated rings. The molecule has 0 aromatic carbocycles. The lowest BCUT2D eigenvalue weighted by Crippen LogP contribution is -2.45. The number of carbonyl (C=O) groups is 2. The standard InChI is InChI=1S/C13H26N2O3/c1-5-15(9-10(2)3)13(18)14-11(4)7-6-8-12(16)17/h10-11H,5-9H2,1-4H3,(H,14,18)(H,16,17). The largest absolute Gasteiger partial charge is 0.481 e. The van der Waals surface area contributed by atoms with Gasteiger partial charge in [-0.2, -0.15) is 0 Å². The summed E-state index contributed by atoms with van der Waals surface area (Å²) in [5.41, 5.74) is 0. The van der Waals surface area contributed by atoms with Gasteiger partial charge in [0.25, 0.3) is 0 Å². The molecule has 0 radical (unpaired) electrons. The molecular formula is C13H26N2O3. The zero-order chi connectivity index (χ0) is 14.1. The van der Waals surface area contributed by atoms with Crippen molar-refractivity contribution in [1.82, 2.24) is 10.2 Å². The van der Waals surface area contributed by atoms with Gasteiger partial charge in [-0.1, -0.05) is 13.8 Å². The van der Waals surface area contributed by atoms with Crippen LogP contribution in [0.15, 0.2) is 0 Å². The first-order chi connectivity index (χ1) is 8.36. The number of urea groups is 1. The Balaban J connectivity index is 4.00. The predicted molar refractivity (Wildman–Crippen MR) is 71.6 cm³/mol. The van der Waals surface area contributed by atoms with Crippen LogP contribution in [0.4, 0.5) is 4.79 Å². The number of aliphatic carboxylic acids is 1. The van der Waals surface area contributed by atoms with E-state index in [4.69, 9.17) is 5.11 Å². The SMILES string of the molecule is CCN(CC(C)C)C(=O)NC(C)CCCC(=O)O. The van der Waals surface area contributed by atoms with Crippen LogP contribution in [0.2, 0.25) is 0 Å². The van der Waals surface area contributed by atoms with Crippen molar-refractivity contribution >= 4 is 12.0 Å². The molecule has 0 heterocycles. The van der Waals surface area contributed by atoms with Crippen LogP contribution in [0.3, 0.4) is 0 Å². The minimum Gasteiger partial charge on any atom is -0.481 e. The highest BCUT2D eigenvalue weighted by Gasteiger charge is 2.15. The zero-order valence-electron chi connectivity index (χ0n) is 11.9. The van der Waals surface area contributed by atoms with E-state index in [1.54, 1.807) is 4.90 Å². The molecule has 18 heavy (non-hydrogen) atoms. The minimum atomic E-state index is -0.788. The van der Waals surface area contributed by atoms with Gasteiger partial charge in [0, 0.05) is 25.6 Å². The van der Waals surface area contributed by atoms with E-state index in [1.165, 1.54) is 0 Å². The number of rotatable bonds is 8. The first-order valence-electron chi connectivity index (χ1n) is 6.64. The smallest absolute Gasteiger partial charge is 0.317 e. The van der Waals surface area contributed by atoms with E-state index in [2.05, 4.69) is 19.2 Å². The van der Waals surface area contributed by atoms with Crippen molar-refractivity contribution in [1.29, 1.82) is 0 Å². The van der Waals surface area contributed by atoms with Crippen molar-refractivity contribution in [3.63, 3.8) is 0 Å². The lowest BCUT2D eigenvalue weighted by Gasteiger charge is -2.25. The van der Waals surface area contributed by atoms with Crippen LogP contribution in [0.25, 0.3) is 0 Å². The van der Waals surface area contributed by atoms with Crippen LogP contribution >= 0.6 is 0 Å². The lowest BCUT2D eigenvalue weighted by molar-refractivity contribution is -0.137. The third-order valence-electron chi connectivity index (χ3n) is 2.65. The summed E-state index contributed by atoms with van der Waals surface area (Å²) >= 11 is 0. The van der Waals surface area contributed by atoms with Crippen molar-refractivity contribution in [2.75, 3.05) is 13.1 Å². The maximum atomic E-state index is 11.9. The summed E-state index contributed by atoms with van der Waals surface area (Å²) in [6.45, 7) is 9.44. The highest BCUT2D eigenvalue weighted by atomic mass is 16.4. The highest BCUT2D eigenvalue weighted by molar-refractivity contribution is 5.74. The Morgan fingerprint density at radius 1 is 1.28 bits per heavy atom. The van der Waals surface area contributed by atoms with E-state index in [9.17, 15) is 9.59 Å². The first kappa shape index (κ1) is 16.7. The summed E-state index contributed by atoms with van der Waals surface area (Å²) < 4.78 is 0. The molecule has 0 spiro atoms. The molecule has 0 aliphatic heterocycles. The molecule has 0 aromatic heterocycles. The van der Waals surface area contributed by atoms with Crippen LogP contribution in [0, 0.1) is 5.92 Å². The van der Waals surface area contributed by atoms with E-state index in [0.717, 1.165) is 6.54 Å². The molecule has 0 bridgehead atoms. The zero-order valence-corrected chi connectivity index (χ0v) is 11.9. The molecule has 0 saturated carbocycles. The minimum absolute atomic E-state index is 0.0121. The molecule has 106 valence electrons. The van der Waals surface area contributed by atoms with Gasteiger partial charge in [-0.25, -0.2) is 4.79 Å². The van der Waals surface area contributed by atoms with Gasteiger partial charge in [-0.15, -0.1) is 0 Å². The van der Waals surface area contributed by atoms with Gasteiger partial charge >= 0.3 is 12.0 Å². The highest BCUT2D eigenvalue weighted by Crippen LogP contribution is 2.03. The number of hydrogen-bond donors (Lipinski definition) is 2. The molecule has 0 rings (SSSR count). The molecule has 2 N–H and O–H groups in total. The lowest BCUT2D eigenvalue weighted by atomic mass is 10.1. The molecule has 1 atom stereocenters. The number of hydrogen-bond acceptors (Lipinski definition) is 2. The Hall–Kier alpha value is -1.26. The summed E-state index contributed by atoms with van der Waals surface area (Å²) in [7, 11) is 0. The van der Waals surface area contributed by atoms with E-state index in [-0.39, 0.29) is 18.5 Å². The summed E-state index contributed by atoms with van der Waals surface area (Å²) in [5.74, 6) is -0.346. The number of amides is 2. The van der Waals surface area contributed by atoms with Crippen LogP contribution in [-0.2, 0) is 4.79 Å². The molecular weight excluding hydrogens is 232 g/mol. The van der Waals surface area contributed by atoms with E-state index < -0.39 is 5.97 Å². The van der Waals surface area contributed by atoms with Crippen LogP contribution < -0.4 is 5.32 Å². The van der Waals surface area contributed by atoms with E-state index in [1.807, 2.05) is 13.8 Å². The third-order valence-corrected chi connectivity index (χ3v) is 2.65. The monoisotopic (exact) mass is 258 g/mol. The van der Waals surface area contributed by atoms with Crippen molar-refractivity contribution < 1.29 is 14.7 Å². The summed E-state index contributed by atoms with van der Waals surface area (Å²) in [6.07, 6.45) is 1.44. The Kier molecular flexibility index (Phi) is 8.16. The Labute approximate surface area is 110 Å². The average molecular weight is 258 g/mol. The molecule has 1 unspecified atom stereocenters. The van der Waals surface area contributed by atoms with Crippen molar-refractivity contribution in [2.24, 2.45) is 5.92 Å². The summed E-state index contributed by atoms with van der Waals surface area (Å²) in [6, 6.07) is -0.0490. The second-order valence-corrected chi connectivity index (χ2v) is 5.07. The number of carbonyl (C=O) groups excluding carboxylic acids is 1. The van der Waals surface area contributed by atoms with Gasteiger partial charge in [-0.05, 0) is 32.6 Å². The normalized spacial score (nSPS) is 12.3. The topological polar surface area (TPSA) is 69.6 Å². The average Bonchev–Trinajstić information content (AvgIpc) is 2.24. The number of nitrogens with one attached hydrogen (secondary N) is 1. The fourth-order valence-corrected chi connectivity index (χ4v) is 1.73. The molecule has 0 aliphatic carbocycles. The van der Waals surface area contributed by atoms with Gasteiger partial charge in [0.15, 0.2) is 0 Å².